The zero-order chi connectivity index (χ0) is 19.4. The van der Waals surface area contributed by atoms with E-state index in [-0.39, 0.29) is 11.4 Å². The van der Waals surface area contributed by atoms with Crippen molar-refractivity contribution in [3.63, 3.8) is 0 Å². The molecule has 2 aliphatic rings. The number of fused-ring (bicyclic) bond motifs is 1. The van der Waals surface area contributed by atoms with Gasteiger partial charge in [0.1, 0.15) is 5.84 Å². The lowest BCUT2D eigenvalue weighted by atomic mass is 9.84. The molecular formula is C18H13F3N4OS. The predicted molar refractivity (Wildman–Crippen MR) is 97.0 cm³/mol. The standard InChI is InChI=1S/C18H13F3N4OS/c19-18(20,21)17(24-25-17)12-4-2-11(3-5-12)16(26)13-9-10(7-8-27)1-6-14(13)23-15(16)22/h1-6,9,24-27H,(H2,22,23). The first-order chi connectivity index (χ1) is 12.7. The van der Waals surface area contributed by atoms with E-state index in [4.69, 9.17) is 5.73 Å². The molecule has 138 valence electrons. The Bertz CT molecular complexity index is 1020. The number of hydrogen-bond acceptors (Lipinski definition) is 6. The van der Waals surface area contributed by atoms with E-state index in [1.165, 1.54) is 24.3 Å². The third-order valence-electron chi connectivity index (χ3n) is 4.73. The highest BCUT2D eigenvalue weighted by atomic mass is 32.1. The van der Waals surface area contributed by atoms with Crippen molar-refractivity contribution in [1.82, 2.24) is 10.9 Å². The van der Waals surface area contributed by atoms with Gasteiger partial charge in [0.05, 0.1) is 5.69 Å². The van der Waals surface area contributed by atoms with Crippen LogP contribution in [-0.4, -0.2) is 17.1 Å². The fraction of sp³-hybridized carbons (Fsp3) is 0.167. The lowest BCUT2D eigenvalue weighted by molar-refractivity contribution is -0.165. The van der Waals surface area contributed by atoms with E-state index in [2.05, 4.69) is 39.6 Å². The highest BCUT2D eigenvalue weighted by molar-refractivity contribution is 7.85. The second-order valence-electron chi connectivity index (χ2n) is 6.25. The molecular weight excluding hydrogens is 377 g/mol. The topological polar surface area (TPSA) is 102 Å². The van der Waals surface area contributed by atoms with Gasteiger partial charge in [0.15, 0.2) is 5.60 Å². The molecule has 2 heterocycles. The third-order valence-corrected chi connectivity index (χ3v) is 4.85. The van der Waals surface area contributed by atoms with Crippen molar-refractivity contribution in [2.45, 2.75) is 17.4 Å². The van der Waals surface area contributed by atoms with E-state index in [0.29, 0.717) is 22.4 Å². The minimum atomic E-state index is -4.51. The van der Waals surface area contributed by atoms with Gasteiger partial charge in [-0.25, -0.2) is 15.8 Å². The predicted octanol–water partition coefficient (Wildman–Crippen LogP) is 1.99. The Kier molecular flexibility index (Phi) is 3.80. The normalized spacial score (nSPS) is 22.5. The van der Waals surface area contributed by atoms with Crippen LogP contribution in [0.1, 0.15) is 22.3 Å². The summed E-state index contributed by atoms with van der Waals surface area (Å²) in [7, 11) is 0. The number of amidine groups is 1. The number of aliphatic imine (C=N–C) groups is 1. The summed E-state index contributed by atoms with van der Waals surface area (Å²) in [6.45, 7) is 0. The van der Waals surface area contributed by atoms with Crippen LogP contribution in [0.3, 0.4) is 0 Å². The Labute approximate surface area is 157 Å². The van der Waals surface area contributed by atoms with Crippen LogP contribution in [0.15, 0.2) is 47.5 Å². The van der Waals surface area contributed by atoms with Crippen molar-refractivity contribution < 1.29 is 18.3 Å². The first-order valence-electron chi connectivity index (χ1n) is 7.81. The highest BCUT2D eigenvalue weighted by Gasteiger charge is 2.65. The Morgan fingerprint density at radius 1 is 1.07 bits per heavy atom. The monoisotopic (exact) mass is 390 g/mol. The van der Waals surface area contributed by atoms with Crippen LogP contribution in [0.25, 0.3) is 0 Å². The van der Waals surface area contributed by atoms with Crippen LogP contribution in [0.5, 0.6) is 0 Å². The quantitative estimate of drug-likeness (QED) is 0.307. The fourth-order valence-electron chi connectivity index (χ4n) is 3.19. The maximum Gasteiger partial charge on any atom is 0.426 e. The van der Waals surface area contributed by atoms with Crippen molar-refractivity contribution in [3.8, 4) is 11.2 Å². The molecule has 1 unspecified atom stereocenters. The van der Waals surface area contributed by atoms with E-state index in [1.807, 2.05) is 0 Å². The van der Waals surface area contributed by atoms with Gasteiger partial charge in [-0.15, -0.1) is 0 Å². The summed E-state index contributed by atoms with van der Waals surface area (Å²) in [5.74, 6) is 2.70. The minimum absolute atomic E-state index is 0.0224. The Hall–Kier alpha value is -2.51. The van der Waals surface area contributed by atoms with Crippen molar-refractivity contribution in [1.29, 1.82) is 0 Å². The number of halogens is 3. The molecule has 27 heavy (non-hydrogen) atoms. The van der Waals surface area contributed by atoms with Gasteiger partial charge >= 0.3 is 6.18 Å². The average molecular weight is 390 g/mol. The van der Waals surface area contributed by atoms with Crippen LogP contribution in [0.4, 0.5) is 18.9 Å². The number of benzene rings is 2. The smallest absolute Gasteiger partial charge is 0.384 e. The van der Waals surface area contributed by atoms with E-state index in [1.54, 1.807) is 18.2 Å². The molecule has 0 amide bonds. The van der Waals surface area contributed by atoms with Gasteiger partial charge in [-0.05, 0) is 34.6 Å². The van der Waals surface area contributed by atoms with Gasteiger partial charge in [-0.1, -0.05) is 42.8 Å². The van der Waals surface area contributed by atoms with E-state index in [9.17, 15) is 18.3 Å². The molecule has 5 N–H and O–H groups in total. The zero-order valence-electron chi connectivity index (χ0n) is 13.6. The Morgan fingerprint density at radius 2 is 1.70 bits per heavy atom. The summed E-state index contributed by atoms with van der Waals surface area (Å²) in [4.78, 5) is 4.18. The lowest BCUT2D eigenvalue weighted by Crippen LogP contribution is -2.40. The number of thiol groups is 1. The maximum absolute atomic E-state index is 13.2. The van der Waals surface area contributed by atoms with Gasteiger partial charge in [-0.3, -0.25) is 0 Å². The molecule has 1 saturated heterocycles. The molecule has 0 bridgehead atoms. The molecule has 5 nitrogen and oxygen atoms in total. The third kappa shape index (κ3) is 2.53. The average Bonchev–Trinajstić information content (AvgIpc) is 3.40. The summed E-state index contributed by atoms with van der Waals surface area (Å²) >= 11 is 3.85. The number of nitrogens with zero attached hydrogens (tertiary/aromatic N) is 1. The Morgan fingerprint density at radius 3 is 2.26 bits per heavy atom. The van der Waals surface area contributed by atoms with Crippen LogP contribution in [-0.2, 0) is 11.3 Å². The van der Waals surface area contributed by atoms with Crippen LogP contribution in [0.2, 0.25) is 0 Å². The van der Waals surface area contributed by atoms with E-state index in [0.717, 1.165) is 0 Å². The van der Waals surface area contributed by atoms with Gasteiger partial charge < -0.3 is 10.8 Å². The summed E-state index contributed by atoms with van der Waals surface area (Å²) in [5, 5.41) is 13.7. The van der Waals surface area contributed by atoms with Crippen LogP contribution in [0, 0.1) is 11.2 Å². The van der Waals surface area contributed by atoms with E-state index < -0.39 is 17.4 Å². The van der Waals surface area contributed by atoms with Gasteiger partial charge in [0.2, 0.25) is 5.66 Å². The number of rotatable bonds is 2. The number of hydrogen-bond donors (Lipinski definition) is 5. The van der Waals surface area contributed by atoms with Crippen LogP contribution >= 0.6 is 12.6 Å². The van der Waals surface area contributed by atoms with Crippen molar-refractivity contribution in [2.75, 3.05) is 0 Å². The summed E-state index contributed by atoms with van der Waals surface area (Å²) in [6.07, 6.45) is -4.51. The molecule has 0 radical (unpaired) electrons. The maximum atomic E-state index is 13.2. The van der Waals surface area contributed by atoms with Crippen molar-refractivity contribution in [3.05, 3.63) is 64.7 Å². The fourth-order valence-corrected chi connectivity index (χ4v) is 3.32. The molecule has 2 aromatic rings. The second-order valence-corrected chi connectivity index (χ2v) is 6.47. The lowest BCUT2D eigenvalue weighted by Gasteiger charge is -2.25. The number of hydrazine groups is 1. The van der Waals surface area contributed by atoms with Crippen molar-refractivity contribution >= 4 is 24.2 Å². The number of nitrogens with two attached hydrogens (primary N) is 1. The van der Waals surface area contributed by atoms with Crippen LogP contribution < -0.4 is 16.6 Å². The second kappa shape index (κ2) is 5.74. The molecule has 2 aromatic carbocycles. The first kappa shape index (κ1) is 17.9. The molecule has 1 fully saturated rings. The van der Waals surface area contributed by atoms with Gasteiger partial charge in [-0.2, -0.15) is 13.2 Å². The summed E-state index contributed by atoms with van der Waals surface area (Å²) in [5.41, 5.74) is 8.00. The molecule has 4 rings (SSSR count). The molecule has 0 aliphatic carbocycles. The Balaban J connectivity index is 1.77. The number of alkyl halides is 3. The molecule has 2 aliphatic heterocycles. The summed E-state index contributed by atoms with van der Waals surface area (Å²) in [6, 6.07) is 10.4. The molecule has 0 saturated carbocycles. The minimum Gasteiger partial charge on any atom is -0.384 e. The molecule has 0 spiro atoms. The van der Waals surface area contributed by atoms with Gasteiger partial charge in [0.25, 0.3) is 0 Å². The highest BCUT2D eigenvalue weighted by Crippen LogP contribution is 2.45. The molecule has 0 aromatic heterocycles. The first-order valence-corrected chi connectivity index (χ1v) is 8.26. The molecule has 9 heteroatoms. The van der Waals surface area contributed by atoms with E-state index >= 15 is 0 Å². The molecule has 1 atom stereocenters. The number of aliphatic hydroxyl groups is 1. The number of nitrogens with one attached hydrogen (secondary N) is 2. The van der Waals surface area contributed by atoms with Gasteiger partial charge in [0, 0.05) is 11.1 Å². The van der Waals surface area contributed by atoms with Crippen molar-refractivity contribution in [2.24, 2.45) is 10.7 Å². The zero-order valence-corrected chi connectivity index (χ0v) is 14.5. The SMILES string of the molecule is NC1=Nc2ccc(C#CS)cc2C1(O)c1ccc(C2(C(F)(F)F)NN2)cc1. The summed E-state index contributed by atoms with van der Waals surface area (Å²) < 4.78 is 39.6. The largest absolute Gasteiger partial charge is 0.426 e.